The molecule has 1 atom stereocenters. The second-order valence-corrected chi connectivity index (χ2v) is 9.29. The molecule has 30 heavy (non-hydrogen) atoms. The van der Waals surface area contributed by atoms with Gasteiger partial charge in [-0.25, -0.2) is 9.18 Å². The Labute approximate surface area is 183 Å². The van der Waals surface area contributed by atoms with E-state index in [0.29, 0.717) is 12.6 Å². The number of carbonyl (C=O) groups is 1. The molecule has 1 aliphatic heterocycles. The monoisotopic (exact) mass is 432 g/mol. The standard InChI is InChI=1S/C24H30ClFN2O2/c1-24(2,3)30-23(29)27-11-4-12-28-16-18-7-8-20(25)14-19(18)15-22(28)13-17-5-9-21(26)10-6-17/h5-10,14,22H,4,11-13,15-16H2,1-3H3,(H,27,29). The predicted molar refractivity (Wildman–Crippen MR) is 118 cm³/mol. The molecular formula is C24H30ClFN2O2. The lowest BCUT2D eigenvalue weighted by atomic mass is 9.90. The third kappa shape index (κ3) is 6.71. The number of hydrogen-bond acceptors (Lipinski definition) is 3. The predicted octanol–water partition coefficient (Wildman–Crippen LogP) is 5.36. The summed E-state index contributed by atoms with van der Waals surface area (Å²) in [6.45, 7) is 7.80. The average molecular weight is 433 g/mol. The van der Waals surface area contributed by atoms with Crippen LogP contribution in [0, 0.1) is 5.82 Å². The summed E-state index contributed by atoms with van der Waals surface area (Å²) in [5.74, 6) is -0.218. The normalized spacial score (nSPS) is 16.8. The van der Waals surface area contributed by atoms with Gasteiger partial charge < -0.3 is 10.1 Å². The Morgan fingerprint density at radius 3 is 2.63 bits per heavy atom. The van der Waals surface area contributed by atoms with Crippen molar-refractivity contribution in [1.29, 1.82) is 0 Å². The van der Waals surface area contributed by atoms with Crippen molar-refractivity contribution < 1.29 is 13.9 Å². The van der Waals surface area contributed by atoms with Gasteiger partial charge in [0, 0.05) is 30.7 Å². The van der Waals surface area contributed by atoms with Crippen molar-refractivity contribution in [3.05, 3.63) is 70.0 Å². The van der Waals surface area contributed by atoms with Crippen LogP contribution < -0.4 is 5.32 Å². The van der Waals surface area contributed by atoms with Crippen LogP contribution in [-0.2, 0) is 24.1 Å². The number of nitrogens with one attached hydrogen (secondary N) is 1. The second kappa shape index (κ2) is 9.80. The van der Waals surface area contributed by atoms with Crippen molar-refractivity contribution in [2.45, 2.75) is 58.2 Å². The van der Waals surface area contributed by atoms with Gasteiger partial charge >= 0.3 is 6.09 Å². The molecule has 162 valence electrons. The number of rotatable bonds is 6. The Hall–Kier alpha value is -2.11. The molecular weight excluding hydrogens is 403 g/mol. The quantitative estimate of drug-likeness (QED) is 0.624. The molecule has 2 aromatic carbocycles. The molecule has 0 bridgehead atoms. The number of benzene rings is 2. The van der Waals surface area contributed by atoms with Crippen LogP contribution in [0.1, 0.15) is 43.9 Å². The molecule has 0 spiro atoms. The highest BCUT2D eigenvalue weighted by atomic mass is 35.5. The van der Waals surface area contributed by atoms with E-state index in [4.69, 9.17) is 16.3 Å². The lowest BCUT2D eigenvalue weighted by Gasteiger charge is -2.37. The molecule has 0 aliphatic carbocycles. The fraction of sp³-hybridized carbons (Fsp3) is 0.458. The molecule has 0 fully saturated rings. The number of amides is 1. The highest BCUT2D eigenvalue weighted by Crippen LogP contribution is 2.28. The van der Waals surface area contributed by atoms with E-state index in [1.54, 1.807) is 0 Å². The van der Waals surface area contributed by atoms with E-state index in [1.807, 2.05) is 39.0 Å². The molecule has 6 heteroatoms. The number of nitrogens with zero attached hydrogens (tertiary/aromatic N) is 1. The molecule has 0 saturated heterocycles. The lowest BCUT2D eigenvalue weighted by Crippen LogP contribution is -2.43. The van der Waals surface area contributed by atoms with Gasteiger partial charge in [-0.1, -0.05) is 29.8 Å². The molecule has 4 nitrogen and oxygen atoms in total. The van der Waals surface area contributed by atoms with Crippen LogP contribution in [-0.4, -0.2) is 35.7 Å². The topological polar surface area (TPSA) is 41.6 Å². The Morgan fingerprint density at radius 2 is 1.93 bits per heavy atom. The van der Waals surface area contributed by atoms with Gasteiger partial charge in [-0.15, -0.1) is 0 Å². The molecule has 1 heterocycles. The number of fused-ring (bicyclic) bond motifs is 1. The van der Waals surface area contributed by atoms with Gasteiger partial charge in [-0.05, 0) is 81.0 Å². The number of halogens is 2. The van der Waals surface area contributed by atoms with Crippen LogP contribution in [0.2, 0.25) is 5.02 Å². The summed E-state index contributed by atoms with van der Waals surface area (Å²) in [5, 5.41) is 3.58. The van der Waals surface area contributed by atoms with Crippen LogP contribution in [0.25, 0.3) is 0 Å². The number of hydrogen-bond donors (Lipinski definition) is 1. The molecule has 0 radical (unpaired) electrons. The van der Waals surface area contributed by atoms with E-state index >= 15 is 0 Å². The van der Waals surface area contributed by atoms with Crippen molar-refractivity contribution in [3.63, 3.8) is 0 Å². The highest BCUT2D eigenvalue weighted by molar-refractivity contribution is 6.30. The average Bonchev–Trinajstić information content (AvgIpc) is 2.66. The summed E-state index contributed by atoms with van der Waals surface area (Å²) < 4.78 is 18.6. The minimum Gasteiger partial charge on any atom is -0.444 e. The maximum absolute atomic E-state index is 13.3. The fourth-order valence-electron chi connectivity index (χ4n) is 3.81. The van der Waals surface area contributed by atoms with Gasteiger partial charge in [-0.2, -0.15) is 0 Å². The molecule has 1 aliphatic rings. The first-order valence-corrected chi connectivity index (χ1v) is 10.8. The Bertz CT molecular complexity index is 864. The van der Waals surface area contributed by atoms with Crippen molar-refractivity contribution in [3.8, 4) is 0 Å². The van der Waals surface area contributed by atoms with Crippen LogP contribution in [0.4, 0.5) is 9.18 Å². The first-order chi connectivity index (χ1) is 14.2. The summed E-state index contributed by atoms with van der Waals surface area (Å²) in [7, 11) is 0. The van der Waals surface area contributed by atoms with Crippen LogP contribution in [0.15, 0.2) is 42.5 Å². The zero-order chi connectivity index (χ0) is 21.7. The van der Waals surface area contributed by atoms with Gasteiger partial charge in [0.15, 0.2) is 0 Å². The highest BCUT2D eigenvalue weighted by Gasteiger charge is 2.26. The number of alkyl carbamates (subject to hydrolysis) is 1. The third-order valence-corrected chi connectivity index (χ3v) is 5.42. The molecule has 1 amide bonds. The van der Waals surface area contributed by atoms with Crippen molar-refractivity contribution in [2.75, 3.05) is 13.1 Å². The van der Waals surface area contributed by atoms with Crippen LogP contribution >= 0.6 is 11.6 Å². The van der Waals surface area contributed by atoms with Gasteiger partial charge in [0.1, 0.15) is 11.4 Å². The van der Waals surface area contributed by atoms with Gasteiger partial charge in [-0.3, -0.25) is 4.90 Å². The second-order valence-electron chi connectivity index (χ2n) is 8.85. The van der Waals surface area contributed by atoms with Crippen LogP contribution in [0.3, 0.4) is 0 Å². The van der Waals surface area contributed by atoms with E-state index in [9.17, 15) is 9.18 Å². The summed E-state index contributed by atoms with van der Waals surface area (Å²) in [4.78, 5) is 14.3. The van der Waals surface area contributed by atoms with E-state index < -0.39 is 5.60 Å². The van der Waals surface area contributed by atoms with Crippen molar-refractivity contribution >= 4 is 17.7 Å². The van der Waals surface area contributed by atoms with E-state index in [1.165, 1.54) is 23.3 Å². The van der Waals surface area contributed by atoms with E-state index in [-0.39, 0.29) is 11.9 Å². The molecule has 1 N–H and O–H groups in total. The number of carbonyl (C=O) groups excluding carboxylic acids is 1. The molecule has 0 saturated carbocycles. The first kappa shape index (κ1) is 22.6. The smallest absolute Gasteiger partial charge is 0.407 e. The Morgan fingerprint density at radius 1 is 1.20 bits per heavy atom. The maximum atomic E-state index is 13.3. The van der Waals surface area contributed by atoms with Gasteiger partial charge in [0.25, 0.3) is 0 Å². The van der Waals surface area contributed by atoms with Gasteiger partial charge in [0.05, 0.1) is 0 Å². The van der Waals surface area contributed by atoms with Crippen molar-refractivity contribution in [1.82, 2.24) is 10.2 Å². The summed E-state index contributed by atoms with van der Waals surface area (Å²) in [5.41, 5.74) is 3.18. The molecule has 0 aromatic heterocycles. The largest absolute Gasteiger partial charge is 0.444 e. The van der Waals surface area contributed by atoms with Crippen molar-refractivity contribution in [2.24, 2.45) is 0 Å². The Kier molecular flexibility index (Phi) is 7.37. The summed E-state index contributed by atoms with van der Waals surface area (Å²) in [6, 6.07) is 13.1. The zero-order valence-electron chi connectivity index (χ0n) is 17.9. The summed E-state index contributed by atoms with van der Waals surface area (Å²) >= 11 is 6.21. The Balaban J connectivity index is 1.62. The van der Waals surface area contributed by atoms with E-state index in [0.717, 1.165) is 42.9 Å². The lowest BCUT2D eigenvalue weighted by molar-refractivity contribution is 0.0524. The third-order valence-electron chi connectivity index (χ3n) is 5.19. The minimum absolute atomic E-state index is 0.218. The molecule has 1 unspecified atom stereocenters. The fourth-order valence-corrected chi connectivity index (χ4v) is 4.01. The zero-order valence-corrected chi connectivity index (χ0v) is 18.6. The maximum Gasteiger partial charge on any atom is 0.407 e. The first-order valence-electron chi connectivity index (χ1n) is 10.4. The molecule has 3 rings (SSSR count). The summed E-state index contributed by atoms with van der Waals surface area (Å²) in [6.07, 6.45) is 2.17. The van der Waals surface area contributed by atoms with E-state index in [2.05, 4.69) is 22.3 Å². The van der Waals surface area contributed by atoms with Gasteiger partial charge in [0.2, 0.25) is 0 Å². The minimum atomic E-state index is -0.498. The SMILES string of the molecule is CC(C)(C)OC(=O)NCCCN1Cc2ccc(Cl)cc2CC1Cc1ccc(F)cc1. The van der Waals surface area contributed by atoms with Crippen LogP contribution in [0.5, 0.6) is 0 Å². The molecule has 2 aromatic rings. The number of ether oxygens (including phenoxy) is 1.